The molecule has 130 valence electrons. The van der Waals surface area contributed by atoms with Gasteiger partial charge in [0.05, 0.1) is 29.5 Å². The van der Waals surface area contributed by atoms with Gasteiger partial charge in [-0.3, -0.25) is 14.4 Å². The van der Waals surface area contributed by atoms with Crippen LogP contribution in [0.4, 0.5) is 5.13 Å². The number of carbonyl (C=O) groups is 3. The van der Waals surface area contributed by atoms with Gasteiger partial charge in [-0.05, 0) is 12.1 Å². The highest BCUT2D eigenvalue weighted by Gasteiger charge is 2.32. The Balaban J connectivity index is 1.55. The molecule has 1 aromatic carbocycles. The Bertz CT molecular complexity index is 803. The molecular formula is C17H16N2O5S. The summed E-state index contributed by atoms with van der Waals surface area (Å²) in [6.07, 6.45) is 0.327. The first-order valence-corrected chi connectivity index (χ1v) is 8.58. The molecule has 0 radical (unpaired) electrons. The van der Waals surface area contributed by atoms with Gasteiger partial charge >= 0.3 is 5.97 Å². The van der Waals surface area contributed by atoms with Crippen LogP contribution >= 0.6 is 11.3 Å². The van der Waals surface area contributed by atoms with Crippen molar-refractivity contribution in [3.8, 4) is 5.75 Å². The van der Waals surface area contributed by atoms with Gasteiger partial charge in [0.1, 0.15) is 5.75 Å². The molecule has 25 heavy (non-hydrogen) atoms. The molecule has 0 aliphatic heterocycles. The minimum Gasteiger partial charge on any atom is -0.493 e. The minimum atomic E-state index is -1.00. The smallest absolute Gasteiger partial charge is 0.307 e. The van der Waals surface area contributed by atoms with Gasteiger partial charge in [0, 0.05) is 12.8 Å². The lowest BCUT2D eigenvalue weighted by atomic mass is 9.90. The first kappa shape index (κ1) is 17.1. The highest BCUT2D eigenvalue weighted by molar-refractivity contribution is 7.17. The molecule has 3 rings (SSSR count). The van der Waals surface area contributed by atoms with Gasteiger partial charge in [0.2, 0.25) is 5.91 Å². The molecule has 0 fully saturated rings. The zero-order valence-electron chi connectivity index (χ0n) is 13.2. The van der Waals surface area contributed by atoms with Crippen LogP contribution in [0, 0.1) is 5.92 Å². The van der Waals surface area contributed by atoms with Crippen molar-refractivity contribution in [3.05, 3.63) is 40.9 Å². The maximum Gasteiger partial charge on any atom is 0.307 e. The van der Waals surface area contributed by atoms with E-state index < -0.39 is 11.9 Å². The number of rotatable bonds is 6. The molecule has 0 spiro atoms. The second-order valence-electron chi connectivity index (χ2n) is 5.62. The largest absolute Gasteiger partial charge is 0.493 e. The summed E-state index contributed by atoms with van der Waals surface area (Å²) in [5, 5.41) is 12.0. The van der Waals surface area contributed by atoms with Crippen molar-refractivity contribution in [3.63, 3.8) is 0 Å². The predicted molar refractivity (Wildman–Crippen MR) is 91.1 cm³/mol. The van der Waals surface area contributed by atoms with Crippen molar-refractivity contribution < 1.29 is 24.2 Å². The van der Waals surface area contributed by atoms with Crippen molar-refractivity contribution >= 4 is 34.1 Å². The summed E-state index contributed by atoms with van der Waals surface area (Å²) in [6, 6.07) is 9.17. The Kier molecular flexibility index (Phi) is 5.08. The number of ketones is 1. The number of aliphatic carboxylic acids is 1. The van der Waals surface area contributed by atoms with Crippen LogP contribution in [0.5, 0.6) is 5.75 Å². The number of aromatic nitrogens is 1. The quantitative estimate of drug-likeness (QED) is 0.819. The number of thiazole rings is 1. The number of hydrogen-bond donors (Lipinski definition) is 2. The second kappa shape index (κ2) is 7.43. The van der Waals surface area contributed by atoms with Crippen molar-refractivity contribution in [2.45, 2.75) is 19.3 Å². The monoisotopic (exact) mass is 360 g/mol. The summed E-state index contributed by atoms with van der Waals surface area (Å²) < 4.78 is 5.46. The van der Waals surface area contributed by atoms with Crippen molar-refractivity contribution in [2.75, 3.05) is 11.9 Å². The van der Waals surface area contributed by atoms with Crippen molar-refractivity contribution in [2.24, 2.45) is 5.92 Å². The predicted octanol–water partition coefficient (Wildman–Crippen LogP) is 2.38. The van der Waals surface area contributed by atoms with Gasteiger partial charge in [0.15, 0.2) is 10.9 Å². The lowest BCUT2D eigenvalue weighted by Gasteiger charge is -2.15. The molecule has 0 saturated heterocycles. The van der Waals surface area contributed by atoms with Crippen LogP contribution < -0.4 is 10.1 Å². The molecule has 7 nitrogen and oxygen atoms in total. The lowest BCUT2D eigenvalue weighted by Crippen LogP contribution is -2.25. The number of carboxylic acid groups (broad SMARTS) is 1. The standard InChI is InChI=1S/C17H16N2O5S/c20-13-9-10(16(22)23)8-12-15(13)25-17(18-12)19-14(21)6-7-24-11-4-2-1-3-5-11/h1-5,10H,6-9H2,(H,22,23)(H,18,19,21)/t10-/m0/s1. The summed E-state index contributed by atoms with van der Waals surface area (Å²) in [4.78, 5) is 39.7. The summed E-state index contributed by atoms with van der Waals surface area (Å²) in [7, 11) is 0. The number of amides is 1. The number of benzene rings is 1. The van der Waals surface area contributed by atoms with Gasteiger partial charge in [-0.2, -0.15) is 0 Å². The number of carbonyl (C=O) groups excluding carboxylic acids is 2. The number of carboxylic acids is 1. The average molecular weight is 360 g/mol. The zero-order chi connectivity index (χ0) is 17.8. The molecular weight excluding hydrogens is 344 g/mol. The van der Waals surface area contributed by atoms with E-state index in [1.165, 1.54) is 0 Å². The summed E-state index contributed by atoms with van der Waals surface area (Å²) >= 11 is 1.09. The number of Topliss-reactive ketones (excluding diaryl/α,β-unsaturated/α-hetero) is 1. The van der Waals surface area contributed by atoms with Crippen LogP contribution in [0.1, 0.15) is 28.2 Å². The Labute approximate surface area is 147 Å². The van der Waals surface area contributed by atoms with Crippen LogP contribution in [0.3, 0.4) is 0 Å². The fourth-order valence-electron chi connectivity index (χ4n) is 2.52. The second-order valence-corrected chi connectivity index (χ2v) is 6.62. The number of ether oxygens (including phenoxy) is 1. The topological polar surface area (TPSA) is 106 Å². The third kappa shape index (κ3) is 4.21. The maximum absolute atomic E-state index is 12.0. The molecule has 8 heteroatoms. The molecule has 1 aromatic heterocycles. The summed E-state index contributed by atoms with van der Waals surface area (Å²) in [6.45, 7) is 0.223. The van der Waals surface area contributed by atoms with Crippen molar-refractivity contribution in [1.29, 1.82) is 0 Å². The highest BCUT2D eigenvalue weighted by Crippen LogP contribution is 2.32. The fourth-order valence-corrected chi connectivity index (χ4v) is 3.48. The molecule has 0 bridgehead atoms. The molecule has 1 aliphatic rings. The third-order valence-electron chi connectivity index (χ3n) is 3.76. The number of anilines is 1. The van der Waals surface area contributed by atoms with E-state index in [1.54, 1.807) is 12.1 Å². The molecule has 0 saturated carbocycles. The van der Waals surface area contributed by atoms with E-state index >= 15 is 0 Å². The van der Waals surface area contributed by atoms with E-state index in [0.29, 0.717) is 21.5 Å². The lowest BCUT2D eigenvalue weighted by molar-refractivity contribution is -0.141. The van der Waals surface area contributed by atoms with Gasteiger partial charge in [-0.1, -0.05) is 29.5 Å². The molecule has 1 aliphatic carbocycles. The minimum absolute atomic E-state index is 0.0250. The number of fused-ring (bicyclic) bond motifs is 1. The summed E-state index contributed by atoms with van der Waals surface area (Å²) in [5.41, 5.74) is 0.449. The molecule has 2 N–H and O–H groups in total. The van der Waals surface area contributed by atoms with Gasteiger partial charge < -0.3 is 15.2 Å². The highest BCUT2D eigenvalue weighted by atomic mass is 32.1. The first-order valence-electron chi connectivity index (χ1n) is 7.76. The van der Waals surface area contributed by atoms with Crippen LogP contribution in [0.15, 0.2) is 30.3 Å². The average Bonchev–Trinajstić information content (AvgIpc) is 2.98. The van der Waals surface area contributed by atoms with E-state index in [2.05, 4.69) is 10.3 Å². The van der Waals surface area contributed by atoms with E-state index in [1.807, 2.05) is 18.2 Å². The zero-order valence-corrected chi connectivity index (χ0v) is 14.0. The molecule has 2 aromatic rings. The molecule has 1 atom stereocenters. The Hall–Kier alpha value is -2.74. The number of para-hydroxylation sites is 1. The SMILES string of the molecule is O=C(CCOc1ccccc1)Nc1nc2c(s1)C(=O)C[C@@H](C(=O)O)C2. The van der Waals surface area contributed by atoms with Gasteiger partial charge in [-0.25, -0.2) is 4.98 Å². The number of hydrogen-bond acceptors (Lipinski definition) is 6. The number of nitrogens with one attached hydrogen (secondary N) is 1. The van der Waals surface area contributed by atoms with E-state index in [0.717, 1.165) is 11.3 Å². The van der Waals surface area contributed by atoms with Crippen LogP contribution in [0.2, 0.25) is 0 Å². The maximum atomic E-state index is 12.0. The third-order valence-corrected chi connectivity index (χ3v) is 4.81. The van der Waals surface area contributed by atoms with Crippen LogP contribution in [0.25, 0.3) is 0 Å². The van der Waals surface area contributed by atoms with E-state index in [4.69, 9.17) is 9.84 Å². The Morgan fingerprint density at radius 3 is 2.76 bits per heavy atom. The van der Waals surface area contributed by atoms with E-state index in [9.17, 15) is 14.4 Å². The summed E-state index contributed by atoms with van der Waals surface area (Å²) in [5.74, 6) is -1.57. The molecule has 1 heterocycles. The Morgan fingerprint density at radius 1 is 1.28 bits per heavy atom. The molecule has 0 unspecified atom stereocenters. The fraction of sp³-hybridized carbons (Fsp3) is 0.294. The first-order chi connectivity index (χ1) is 12.0. The van der Waals surface area contributed by atoms with Gasteiger partial charge in [-0.15, -0.1) is 0 Å². The molecule has 1 amide bonds. The van der Waals surface area contributed by atoms with E-state index in [-0.39, 0.29) is 37.6 Å². The van der Waals surface area contributed by atoms with Crippen LogP contribution in [-0.4, -0.2) is 34.4 Å². The Morgan fingerprint density at radius 2 is 2.04 bits per heavy atom. The van der Waals surface area contributed by atoms with Gasteiger partial charge in [0.25, 0.3) is 0 Å². The van der Waals surface area contributed by atoms with Crippen molar-refractivity contribution in [1.82, 2.24) is 4.98 Å². The number of nitrogens with zero attached hydrogens (tertiary/aromatic N) is 1. The normalized spacial score (nSPS) is 16.2. The van der Waals surface area contributed by atoms with Crippen LogP contribution in [-0.2, 0) is 16.0 Å².